The van der Waals surface area contributed by atoms with E-state index in [1.807, 2.05) is 0 Å². The fourth-order valence-corrected chi connectivity index (χ4v) is 5.06. The molecule has 1 aliphatic heterocycles. The molecule has 0 aliphatic carbocycles. The van der Waals surface area contributed by atoms with Crippen LogP contribution < -0.4 is 0 Å². The molecule has 0 aromatic rings. The first-order valence-electron chi connectivity index (χ1n) is 5.87. The van der Waals surface area contributed by atoms with Crippen LogP contribution in [0.15, 0.2) is 0 Å². The van der Waals surface area contributed by atoms with Crippen molar-refractivity contribution in [3.8, 4) is 0 Å². The normalized spacial score (nSPS) is 30.4. The highest BCUT2D eigenvalue weighted by molar-refractivity contribution is 6.55. The average molecular weight is 214 g/mol. The van der Waals surface area contributed by atoms with Gasteiger partial charge >= 0.3 is 0 Å². The molecule has 0 amide bonds. The van der Waals surface area contributed by atoms with Crippen LogP contribution in [0.4, 0.5) is 0 Å². The smallest absolute Gasteiger partial charge is 0.182 e. The minimum absolute atomic E-state index is 0.330. The van der Waals surface area contributed by atoms with E-state index in [9.17, 15) is 0 Å². The van der Waals surface area contributed by atoms with E-state index in [0.717, 1.165) is 0 Å². The first-order valence-corrected chi connectivity index (χ1v) is 7.73. The zero-order valence-electron chi connectivity index (χ0n) is 10.7. The van der Waals surface area contributed by atoms with Crippen LogP contribution in [0, 0.1) is 5.41 Å². The van der Waals surface area contributed by atoms with Crippen molar-refractivity contribution in [1.29, 1.82) is 0 Å². The summed E-state index contributed by atoms with van der Waals surface area (Å²) in [5.41, 5.74) is 0.330. The largest absolute Gasteiger partial charge is 0.416 e. The lowest BCUT2D eigenvalue weighted by Gasteiger charge is -2.42. The molecule has 1 fully saturated rings. The predicted octanol–water partition coefficient (Wildman–Crippen LogP) is 3.74. The highest BCUT2D eigenvalue weighted by atomic mass is 28.3. The molecule has 2 heteroatoms. The Hall–Kier alpha value is 0.177. The van der Waals surface area contributed by atoms with Gasteiger partial charge in [0, 0.05) is 6.10 Å². The Morgan fingerprint density at radius 3 is 2.07 bits per heavy atom. The third-order valence-electron chi connectivity index (χ3n) is 3.19. The summed E-state index contributed by atoms with van der Waals surface area (Å²) in [6.07, 6.45) is 3.16. The van der Waals surface area contributed by atoms with Crippen molar-refractivity contribution in [1.82, 2.24) is 0 Å². The van der Waals surface area contributed by atoms with E-state index < -0.39 is 9.04 Å². The van der Waals surface area contributed by atoms with E-state index >= 15 is 0 Å². The molecule has 0 radical (unpaired) electrons. The van der Waals surface area contributed by atoms with Crippen molar-refractivity contribution in [2.75, 3.05) is 0 Å². The monoisotopic (exact) mass is 214 g/mol. The number of hydrogen-bond acceptors (Lipinski definition) is 1. The van der Waals surface area contributed by atoms with Gasteiger partial charge in [-0.2, -0.15) is 0 Å². The molecule has 0 bridgehead atoms. The van der Waals surface area contributed by atoms with E-state index in [2.05, 4.69) is 41.5 Å². The van der Waals surface area contributed by atoms with Gasteiger partial charge in [0.2, 0.25) is 0 Å². The molecule has 0 aromatic carbocycles. The van der Waals surface area contributed by atoms with Crippen LogP contribution in [0.2, 0.25) is 11.1 Å². The summed E-state index contributed by atoms with van der Waals surface area (Å²) in [4.78, 5) is 0. The SMILES string of the molecule is CC(C)(C)C1CCC[SiH](C(C)(C)C)O1. The summed E-state index contributed by atoms with van der Waals surface area (Å²) in [7, 11) is -0.972. The third-order valence-corrected chi connectivity index (χ3v) is 6.71. The molecule has 1 heterocycles. The fraction of sp³-hybridized carbons (Fsp3) is 1.00. The summed E-state index contributed by atoms with van der Waals surface area (Å²) >= 11 is 0. The molecular formula is C12H26OSi. The molecule has 1 saturated heterocycles. The van der Waals surface area contributed by atoms with Crippen molar-refractivity contribution < 1.29 is 4.43 Å². The quantitative estimate of drug-likeness (QED) is 0.558. The lowest BCUT2D eigenvalue weighted by molar-refractivity contribution is 0.0583. The second-order valence-electron chi connectivity index (χ2n) is 6.78. The van der Waals surface area contributed by atoms with Gasteiger partial charge in [0.25, 0.3) is 0 Å². The average Bonchev–Trinajstić information content (AvgIpc) is 2.01. The highest BCUT2D eigenvalue weighted by Gasteiger charge is 2.37. The Balaban J connectivity index is 2.61. The van der Waals surface area contributed by atoms with Gasteiger partial charge in [-0.3, -0.25) is 0 Å². The van der Waals surface area contributed by atoms with Crippen LogP contribution in [-0.2, 0) is 4.43 Å². The van der Waals surface area contributed by atoms with E-state index in [4.69, 9.17) is 4.43 Å². The molecule has 1 rings (SSSR count). The molecule has 0 N–H and O–H groups in total. The van der Waals surface area contributed by atoms with Gasteiger partial charge in [0.1, 0.15) is 0 Å². The summed E-state index contributed by atoms with van der Waals surface area (Å²) in [6.45, 7) is 13.9. The van der Waals surface area contributed by atoms with Gasteiger partial charge in [-0.15, -0.1) is 0 Å². The minimum Gasteiger partial charge on any atom is -0.416 e. The first-order chi connectivity index (χ1) is 6.21. The van der Waals surface area contributed by atoms with E-state index in [1.165, 1.54) is 18.9 Å². The Morgan fingerprint density at radius 1 is 1.07 bits per heavy atom. The molecule has 0 spiro atoms. The van der Waals surface area contributed by atoms with E-state index in [0.29, 0.717) is 16.6 Å². The van der Waals surface area contributed by atoms with Crippen LogP contribution in [0.3, 0.4) is 0 Å². The van der Waals surface area contributed by atoms with Gasteiger partial charge in [-0.25, -0.2) is 0 Å². The molecule has 0 aromatic heterocycles. The van der Waals surface area contributed by atoms with Crippen molar-refractivity contribution in [3.63, 3.8) is 0 Å². The maximum Gasteiger partial charge on any atom is 0.182 e. The van der Waals surface area contributed by atoms with Crippen LogP contribution in [-0.4, -0.2) is 15.1 Å². The van der Waals surface area contributed by atoms with Gasteiger partial charge in [0.15, 0.2) is 9.04 Å². The Labute approximate surface area is 91.0 Å². The molecule has 2 atom stereocenters. The predicted molar refractivity (Wildman–Crippen MR) is 65.2 cm³/mol. The van der Waals surface area contributed by atoms with Crippen molar-refractivity contribution in [3.05, 3.63) is 0 Å². The van der Waals surface area contributed by atoms with Crippen molar-refractivity contribution >= 4 is 9.04 Å². The maximum atomic E-state index is 6.35. The zero-order valence-corrected chi connectivity index (χ0v) is 11.8. The molecule has 0 saturated carbocycles. The fourth-order valence-electron chi connectivity index (χ4n) is 2.10. The Kier molecular flexibility index (Phi) is 3.48. The Bertz CT molecular complexity index is 167. The second-order valence-corrected chi connectivity index (χ2v) is 10.3. The van der Waals surface area contributed by atoms with Crippen LogP contribution in [0.25, 0.3) is 0 Å². The molecule has 1 nitrogen and oxygen atoms in total. The highest BCUT2D eigenvalue weighted by Crippen LogP contribution is 2.39. The molecule has 84 valence electrons. The number of rotatable bonds is 0. The van der Waals surface area contributed by atoms with Crippen LogP contribution >= 0.6 is 0 Å². The first kappa shape index (κ1) is 12.2. The topological polar surface area (TPSA) is 9.23 Å². The molecular weight excluding hydrogens is 188 g/mol. The lowest BCUT2D eigenvalue weighted by Crippen LogP contribution is -2.42. The maximum absolute atomic E-state index is 6.35. The third kappa shape index (κ3) is 3.09. The van der Waals surface area contributed by atoms with Crippen molar-refractivity contribution in [2.45, 2.75) is 71.6 Å². The zero-order chi connectivity index (χ0) is 11.0. The summed E-state index contributed by atoms with van der Waals surface area (Å²) in [5, 5.41) is 0.434. The van der Waals surface area contributed by atoms with Crippen LogP contribution in [0.5, 0.6) is 0 Å². The molecule has 14 heavy (non-hydrogen) atoms. The molecule has 1 aliphatic rings. The van der Waals surface area contributed by atoms with E-state index in [-0.39, 0.29) is 0 Å². The van der Waals surface area contributed by atoms with Gasteiger partial charge in [0.05, 0.1) is 0 Å². The standard InChI is InChI=1S/C12H26OSi/c1-11(2,3)10-8-7-9-14(13-10)12(4,5)6/h10,14H,7-9H2,1-6H3. The van der Waals surface area contributed by atoms with Gasteiger partial charge < -0.3 is 4.43 Å². The van der Waals surface area contributed by atoms with Gasteiger partial charge in [-0.1, -0.05) is 48.0 Å². The summed E-state index contributed by atoms with van der Waals surface area (Å²) in [5.74, 6) is 0. The summed E-state index contributed by atoms with van der Waals surface area (Å²) in [6, 6.07) is 1.37. The van der Waals surface area contributed by atoms with E-state index in [1.54, 1.807) is 0 Å². The summed E-state index contributed by atoms with van der Waals surface area (Å²) < 4.78 is 6.35. The van der Waals surface area contributed by atoms with Crippen LogP contribution in [0.1, 0.15) is 54.4 Å². The lowest BCUT2D eigenvalue weighted by atomic mass is 9.87. The van der Waals surface area contributed by atoms with Gasteiger partial charge in [-0.05, 0) is 22.9 Å². The second kappa shape index (κ2) is 3.97. The Morgan fingerprint density at radius 2 is 1.64 bits per heavy atom. The van der Waals surface area contributed by atoms with Crippen molar-refractivity contribution in [2.24, 2.45) is 5.41 Å². The minimum atomic E-state index is -0.972. The number of hydrogen-bond donors (Lipinski definition) is 0. The molecule has 2 unspecified atom stereocenters.